The molecule has 0 aliphatic rings. The van der Waals surface area contributed by atoms with E-state index in [0.717, 1.165) is 4.47 Å². The lowest BCUT2D eigenvalue weighted by Gasteiger charge is -2.06. The van der Waals surface area contributed by atoms with Crippen molar-refractivity contribution in [2.45, 2.75) is 6.92 Å². The third kappa shape index (κ3) is 3.02. The molecule has 0 radical (unpaired) electrons. The van der Waals surface area contributed by atoms with Crippen molar-refractivity contribution >= 4 is 28.1 Å². The van der Waals surface area contributed by atoms with E-state index in [1.165, 1.54) is 13.2 Å². The summed E-state index contributed by atoms with van der Waals surface area (Å²) in [5.41, 5.74) is 1.19. The smallest absolute Gasteiger partial charge is 0.282 e. The Kier molecular flexibility index (Phi) is 4.63. The lowest BCUT2D eigenvalue weighted by atomic mass is 10.1. The maximum absolute atomic E-state index is 11.4. The summed E-state index contributed by atoms with van der Waals surface area (Å²) in [6, 6.07) is 5.03. The number of nitriles is 1. The van der Waals surface area contributed by atoms with Gasteiger partial charge >= 0.3 is 0 Å². The van der Waals surface area contributed by atoms with Gasteiger partial charge in [0.15, 0.2) is 11.5 Å². The quantitative estimate of drug-likeness (QED) is 0.875. The number of aromatic nitrogens is 2. The predicted octanol–water partition coefficient (Wildman–Crippen LogP) is 2.60. The number of aromatic hydroxyl groups is 1. The normalized spacial score (nSPS) is 10.6. The number of hydrogen-bond acceptors (Lipinski definition) is 5. The van der Waals surface area contributed by atoms with Gasteiger partial charge in [0.25, 0.3) is 5.56 Å². The zero-order chi connectivity index (χ0) is 16.3. The molecule has 0 amide bonds. The molecule has 0 saturated carbocycles. The predicted molar refractivity (Wildman–Crippen MR) is 85.6 cm³/mol. The van der Waals surface area contributed by atoms with Crippen LogP contribution in [0.2, 0.25) is 0 Å². The van der Waals surface area contributed by atoms with E-state index in [2.05, 4.69) is 26.1 Å². The summed E-state index contributed by atoms with van der Waals surface area (Å²) in [7, 11) is 1.47. The van der Waals surface area contributed by atoms with Crippen LogP contribution in [0.3, 0.4) is 0 Å². The summed E-state index contributed by atoms with van der Waals surface area (Å²) in [6.45, 7) is 1.65. The first-order valence-corrected chi connectivity index (χ1v) is 7.01. The van der Waals surface area contributed by atoms with E-state index in [-0.39, 0.29) is 11.3 Å². The fourth-order valence-electron chi connectivity index (χ4n) is 1.87. The van der Waals surface area contributed by atoms with Crippen LogP contribution in [0.15, 0.2) is 21.4 Å². The summed E-state index contributed by atoms with van der Waals surface area (Å²) >= 11 is 3.38. The molecule has 6 nitrogen and oxygen atoms in total. The van der Waals surface area contributed by atoms with Crippen LogP contribution >= 0.6 is 15.9 Å². The Morgan fingerprint density at radius 3 is 2.82 bits per heavy atom. The third-order valence-electron chi connectivity index (χ3n) is 3.09. The Morgan fingerprint density at radius 2 is 2.18 bits per heavy atom. The minimum absolute atomic E-state index is 0.00853. The van der Waals surface area contributed by atoms with Gasteiger partial charge < -0.3 is 9.84 Å². The highest BCUT2D eigenvalue weighted by molar-refractivity contribution is 9.10. The van der Waals surface area contributed by atoms with Crippen molar-refractivity contribution < 1.29 is 9.84 Å². The maximum atomic E-state index is 11.4. The Hall–Kier alpha value is -2.59. The summed E-state index contributed by atoms with van der Waals surface area (Å²) in [5.74, 6) is 0.364. The zero-order valence-corrected chi connectivity index (χ0v) is 13.4. The molecule has 0 bridgehead atoms. The number of phenols is 1. The van der Waals surface area contributed by atoms with Crippen molar-refractivity contribution in [1.29, 1.82) is 5.26 Å². The first kappa shape index (κ1) is 15.8. The second kappa shape index (κ2) is 6.45. The molecule has 0 unspecified atom stereocenters. The second-order valence-electron chi connectivity index (χ2n) is 4.43. The molecule has 1 heterocycles. The number of aromatic amines is 1. The Morgan fingerprint density at radius 1 is 1.45 bits per heavy atom. The molecule has 0 saturated heterocycles. The summed E-state index contributed by atoms with van der Waals surface area (Å²) in [6.07, 6.45) is 3.36. The van der Waals surface area contributed by atoms with Gasteiger partial charge in [-0.25, -0.2) is 5.10 Å². The Balaban J connectivity index is 2.44. The highest BCUT2D eigenvalue weighted by atomic mass is 79.9. The number of benzene rings is 1. The van der Waals surface area contributed by atoms with Gasteiger partial charge in [0, 0.05) is 4.47 Å². The molecule has 0 spiro atoms. The van der Waals surface area contributed by atoms with Crippen LogP contribution in [-0.2, 0) is 0 Å². The summed E-state index contributed by atoms with van der Waals surface area (Å²) in [5, 5.41) is 25.0. The van der Waals surface area contributed by atoms with Crippen molar-refractivity contribution in [3.63, 3.8) is 0 Å². The largest absolute Gasteiger partial charge is 0.504 e. The monoisotopic (exact) mass is 361 g/mol. The summed E-state index contributed by atoms with van der Waals surface area (Å²) < 4.78 is 5.74. The van der Waals surface area contributed by atoms with Crippen LogP contribution < -0.4 is 10.3 Å². The van der Waals surface area contributed by atoms with Crippen molar-refractivity contribution in [2.24, 2.45) is 0 Å². The first-order chi connectivity index (χ1) is 10.5. The van der Waals surface area contributed by atoms with Crippen molar-refractivity contribution in [2.75, 3.05) is 7.11 Å². The number of phenolic OH excluding ortho intramolecular Hbond substituents is 1. The number of hydrogen-bond donors (Lipinski definition) is 2. The number of methoxy groups -OCH3 is 1. The number of rotatable bonds is 3. The van der Waals surface area contributed by atoms with Crippen LogP contribution in [0, 0.1) is 18.3 Å². The van der Waals surface area contributed by atoms with Crippen molar-refractivity contribution in [3.05, 3.63) is 49.3 Å². The van der Waals surface area contributed by atoms with Crippen LogP contribution in [0.1, 0.15) is 22.4 Å². The minimum Gasteiger partial charge on any atom is -0.504 e. The SMILES string of the molecule is COc1cc(Br)c(/C=C/c2n[nH]c(=O)c(C#N)c2C)cc1O. The van der Waals surface area contributed by atoms with Gasteiger partial charge in [-0.15, -0.1) is 0 Å². The lowest BCUT2D eigenvalue weighted by molar-refractivity contribution is 0.373. The van der Waals surface area contributed by atoms with Gasteiger partial charge in [0.2, 0.25) is 0 Å². The van der Waals surface area contributed by atoms with Gasteiger partial charge in [-0.05, 0) is 36.3 Å². The minimum atomic E-state index is -0.513. The van der Waals surface area contributed by atoms with E-state index in [1.54, 1.807) is 25.1 Å². The number of halogens is 1. The standard InChI is InChI=1S/C15H12BrN3O3/c1-8-10(7-17)15(21)19-18-12(8)4-3-9-5-13(20)14(22-2)6-11(9)16/h3-6,20H,1-2H3,(H,19,21)/b4-3+. The van der Waals surface area contributed by atoms with Crippen molar-refractivity contribution in [3.8, 4) is 17.6 Å². The highest BCUT2D eigenvalue weighted by Gasteiger charge is 2.09. The molecule has 112 valence electrons. The first-order valence-electron chi connectivity index (χ1n) is 6.22. The molecule has 0 aliphatic heterocycles. The number of nitrogens with zero attached hydrogens (tertiary/aromatic N) is 2. The second-order valence-corrected chi connectivity index (χ2v) is 5.28. The molecule has 7 heteroatoms. The van der Waals surface area contributed by atoms with Crippen LogP contribution in [0.4, 0.5) is 0 Å². The van der Waals surface area contributed by atoms with E-state index >= 15 is 0 Å². The van der Waals surface area contributed by atoms with Crippen LogP contribution in [0.5, 0.6) is 11.5 Å². The number of nitrogens with one attached hydrogen (secondary N) is 1. The molecule has 2 N–H and O–H groups in total. The number of ether oxygens (including phenoxy) is 1. The number of H-pyrrole nitrogens is 1. The van der Waals surface area contributed by atoms with Crippen molar-refractivity contribution in [1.82, 2.24) is 10.2 Å². The van der Waals surface area contributed by atoms with Crippen LogP contribution in [0.25, 0.3) is 12.2 Å². The molecule has 2 aromatic rings. The van der Waals surface area contributed by atoms with E-state index in [9.17, 15) is 9.90 Å². The maximum Gasteiger partial charge on any atom is 0.282 e. The molecule has 22 heavy (non-hydrogen) atoms. The summed E-state index contributed by atoms with van der Waals surface area (Å²) in [4.78, 5) is 11.4. The molecule has 0 aliphatic carbocycles. The van der Waals surface area contributed by atoms with Gasteiger partial charge in [0.05, 0.1) is 12.8 Å². The molecule has 2 rings (SSSR count). The molecule has 0 atom stereocenters. The van der Waals surface area contributed by atoms with Gasteiger partial charge in [-0.2, -0.15) is 10.4 Å². The Bertz CT molecular complexity index is 850. The molecule has 1 aromatic heterocycles. The van der Waals surface area contributed by atoms with E-state index in [1.807, 2.05) is 6.07 Å². The molecule has 0 fully saturated rings. The van der Waals surface area contributed by atoms with Gasteiger partial charge in [-0.1, -0.05) is 22.0 Å². The zero-order valence-electron chi connectivity index (χ0n) is 11.8. The average molecular weight is 362 g/mol. The molecular formula is C15H12BrN3O3. The van der Waals surface area contributed by atoms with Gasteiger partial charge in [0.1, 0.15) is 11.6 Å². The third-order valence-corrected chi connectivity index (χ3v) is 3.78. The molecular weight excluding hydrogens is 350 g/mol. The van der Waals surface area contributed by atoms with E-state index in [0.29, 0.717) is 22.6 Å². The lowest BCUT2D eigenvalue weighted by Crippen LogP contribution is -2.15. The highest BCUT2D eigenvalue weighted by Crippen LogP contribution is 2.33. The van der Waals surface area contributed by atoms with E-state index in [4.69, 9.17) is 10.00 Å². The molecule has 1 aromatic carbocycles. The fraction of sp³-hybridized carbons (Fsp3) is 0.133. The Labute approximate surface area is 134 Å². The average Bonchev–Trinajstić information content (AvgIpc) is 2.49. The van der Waals surface area contributed by atoms with E-state index < -0.39 is 5.56 Å². The topological polar surface area (TPSA) is 99.0 Å². The van der Waals surface area contributed by atoms with Crippen LogP contribution in [-0.4, -0.2) is 22.4 Å². The van der Waals surface area contributed by atoms with Gasteiger partial charge in [-0.3, -0.25) is 4.79 Å². The fourth-order valence-corrected chi connectivity index (χ4v) is 2.32.